The molecule has 0 unspecified atom stereocenters. The van der Waals surface area contributed by atoms with E-state index in [-0.39, 0.29) is 0 Å². The van der Waals surface area contributed by atoms with Gasteiger partial charge < -0.3 is 19.5 Å². The van der Waals surface area contributed by atoms with Crippen LogP contribution in [0.2, 0.25) is 0 Å². The molecule has 0 saturated carbocycles. The van der Waals surface area contributed by atoms with Gasteiger partial charge in [0.05, 0.1) is 17.7 Å². The predicted octanol–water partition coefficient (Wildman–Crippen LogP) is 2.30. The van der Waals surface area contributed by atoms with Crippen LogP contribution in [-0.2, 0) is 11.3 Å². The molecule has 4 nitrogen and oxygen atoms in total. The van der Waals surface area contributed by atoms with E-state index in [1.807, 2.05) is 6.07 Å². The second-order valence-electron chi connectivity index (χ2n) is 5.22. The number of fused-ring (bicyclic) bond motifs is 1. The molecule has 0 amide bonds. The van der Waals surface area contributed by atoms with Crippen molar-refractivity contribution in [1.82, 2.24) is 5.32 Å². The van der Waals surface area contributed by atoms with Gasteiger partial charge in [-0.2, -0.15) is 0 Å². The van der Waals surface area contributed by atoms with Crippen LogP contribution < -0.4 is 14.8 Å². The van der Waals surface area contributed by atoms with E-state index in [0.29, 0.717) is 12.2 Å². The second-order valence-corrected chi connectivity index (χ2v) is 6.07. The highest BCUT2D eigenvalue weighted by atomic mass is 79.9. The first kappa shape index (κ1) is 12.3. The molecular formula is C13H16BrNO3. The summed E-state index contributed by atoms with van der Waals surface area (Å²) < 4.78 is 17.0. The molecule has 98 valence electrons. The molecule has 1 saturated heterocycles. The summed E-state index contributed by atoms with van der Waals surface area (Å²) in [5, 5.41) is 3.47. The number of ether oxygens (including phenoxy) is 3. The van der Waals surface area contributed by atoms with Crippen LogP contribution >= 0.6 is 15.9 Å². The number of rotatable bonds is 4. The lowest BCUT2D eigenvalue weighted by Gasteiger charge is -2.38. The van der Waals surface area contributed by atoms with Crippen LogP contribution in [-0.4, -0.2) is 26.6 Å². The number of nitrogens with one attached hydrogen (secondary N) is 1. The van der Waals surface area contributed by atoms with Crippen LogP contribution in [0, 0.1) is 5.41 Å². The molecule has 0 aliphatic carbocycles. The lowest BCUT2D eigenvalue weighted by molar-refractivity contribution is -0.0991. The van der Waals surface area contributed by atoms with E-state index in [0.717, 1.165) is 42.3 Å². The van der Waals surface area contributed by atoms with Crippen LogP contribution in [0.4, 0.5) is 0 Å². The van der Waals surface area contributed by atoms with Gasteiger partial charge in [-0.05, 0) is 33.6 Å². The largest absolute Gasteiger partial charge is 0.454 e. The Morgan fingerprint density at radius 2 is 2.17 bits per heavy atom. The summed E-state index contributed by atoms with van der Waals surface area (Å²) in [6.45, 7) is 6.04. The Morgan fingerprint density at radius 1 is 1.33 bits per heavy atom. The van der Waals surface area contributed by atoms with E-state index in [2.05, 4.69) is 34.2 Å². The molecule has 1 fully saturated rings. The van der Waals surface area contributed by atoms with Crippen molar-refractivity contribution >= 4 is 15.9 Å². The average molecular weight is 314 g/mol. The molecule has 2 aliphatic heterocycles. The SMILES string of the molecule is CC1(CNCc2cc(Br)c3c(c2)OCO3)COC1. The first-order valence-corrected chi connectivity index (χ1v) is 6.82. The first-order valence-electron chi connectivity index (χ1n) is 6.03. The normalized spacial score (nSPS) is 19.7. The summed E-state index contributed by atoms with van der Waals surface area (Å²) >= 11 is 3.50. The van der Waals surface area contributed by atoms with Gasteiger partial charge in [0, 0.05) is 18.5 Å². The van der Waals surface area contributed by atoms with Gasteiger partial charge in [0.2, 0.25) is 6.79 Å². The molecule has 1 N–H and O–H groups in total. The zero-order valence-electron chi connectivity index (χ0n) is 10.3. The summed E-state index contributed by atoms with van der Waals surface area (Å²) in [6, 6.07) is 4.10. The average Bonchev–Trinajstić information content (AvgIpc) is 2.75. The molecular weight excluding hydrogens is 298 g/mol. The third kappa shape index (κ3) is 2.35. The van der Waals surface area contributed by atoms with E-state index in [9.17, 15) is 0 Å². The Hall–Kier alpha value is -0.780. The number of hydrogen-bond donors (Lipinski definition) is 1. The molecule has 18 heavy (non-hydrogen) atoms. The third-order valence-corrected chi connectivity index (χ3v) is 3.86. The van der Waals surface area contributed by atoms with E-state index in [4.69, 9.17) is 14.2 Å². The van der Waals surface area contributed by atoms with Crippen molar-refractivity contribution in [2.45, 2.75) is 13.5 Å². The molecule has 0 spiro atoms. The minimum atomic E-state index is 0.299. The lowest BCUT2D eigenvalue weighted by atomic mass is 9.89. The molecule has 3 rings (SSSR count). The summed E-state index contributed by atoms with van der Waals surface area (Å²) in [4.78, 5) is 0. The van der Waals surface area contributed by atoms with Crippen molar-refractivity contribution in [1.29, 1.82) is 0 Å². The van der Waals surface area contributed by atoms with E-state index >= 15 is 0 Å². The zero-order chi connectivity index (χ0) is 12.6. The van der Waals surface area contributed by atoms with Gasteiger partial charge >= 0.3 is 0 Å². The van der Waals surface area contributed by atoms with Gasteiger partial charge in [0.1, 0.15) is 0 Å². The van der Waals surface area contributed by atoms with Crippen LogP contribution in [0.3, 0.4) is 0 Å². The number of halogens is 1. The maximum atomic E-state index is 5.40. The summed E-state index contributed by atoms with van der Waals surface area (Å²) in [5.74, 6) is 1.62. The highest BCUT2D eigenvalue weighted by Gasteiger charge is 2.32. The van der Waals surface area contributed by atoms with Crippen molar-refractivity contribution < 1.29 is 14.2 Å². The summed E-state index contributed by atoms with van der Waals surface area (Å²) in [5.41, 5.74) is 1.49. The van der Waals surface area contributed by atoms with E-state index in [1.54, 1.807) is 0 Å². The predicted molar refractivity (Wildman–Crippen MR) is 70.9 cm³/mol. The number of benzene rings is 1. The van der Waals surface area contributed by atoms with Gasteiger partial charge in [0.25, 0.3) is 0 Å². The molecule has 0 aromatic heterocycles. The minimum Gasteiger partial charge on any atom is -0.454 e. The maximum Gasteiger partial charge on any atom is 0.231 e. The van der Waals surface area contributed by atoms with Crippen molar-refractivity contribution in [3.63, 3.8) is 0 Å². The van der Waals surface area contributed by atoms with Crippen LogP contribution in [0.25, 0.3) is 0 Å². The van der Waals surface area contributed by atoms with E-state index < -0.39 is 0 Å². The molecule has 2 heterocycles. The van der Waals surface area contributed by atoms with Crippen LogP contribution in [0.15, 0.2) is 16.6 Å². The van der Waals surface area contributed by atoms with Gasteiger partial charge in [-0.15, -0.1) is 0 Å². The lowest BCUT2D eigenvalue weighted by Crippen LogP contribution is -2.47. The van der Waals surface area contributed by atoms with Crippen LogP contribution in [0.1, 0.15) is 12.5 Å². The quantitative estimate of drug-likeness (QED) is 0.926. The van der Waals surface area contributed by atoms with Gasteiger partial charge in [0.15, 0.2) is 11.5 Å². The standard InChI is InChI=1S/C13H16BrNO3/c1-13(6-16-7-13)5-15-4-9-2-10(14)12-11(3-9)17-8-18-12/h2-3,15H,4-8H2,1H3. The topological polar surface area (TPSA) is 39.7 Å². The fraction of sp³-hybridized carbons (Fsp3) is 0.538. The third-order valence-electron chi connectivity index (χ3n) is 3.27. The fourth-order valence-corrected chi connectivity index (χ4v) is 2.79. The molecule has 0 bridgehead atoms. The summed E-state index contributed by atoms with van der Waals surface area (Å²) in [7, 11) is 0. The zero-order valence-corrected chi connectivity index (χ0v) is 11.9. The Morgan fingerprint density at radius 3 is 2.89 bits per heavy atom. The molecule has 1 aromatic rings. The van der Waals surface area contributed by atoms with Crippen molar-refractivity contribution in [3.8, 4) is 11.5 Å². The Bertz CT molecular complexity index is 460. The second kappa shape index (κ2) is 4.72. The maximum absolute atomic E-state index is 5.40. The van der Waals surface area contributed by atoms with Crippen molar-refractivity contribution in [3.05, 3.63) is 22.2 Å². The smallest absolute Gasteiger partial charge is 0.231 e. The highest BCUT2D eigenvalue weighted by Crippen LogP contribution is 2.40. The van der Waals surface area contributed by atoms with E-state index in [1.165, 1.54) is 5.56 Å². The Labute approximate surface area is 115 Å². The molecule has 0 radical (unpaired) electrons. The molecule has 5 heteroatoms. The monoisotopic (exact) mass is 313 g/mol. The van der Waals surface area contributed by atoms with Gasteiger partial charge in [-0.3, -0.25) is 0 Å². The Kier molecular flexibility index (Phi) is 3.21. The van der Waals surface area contributed by atoms with Crippen molar-refractivity contribution in [2.75, 3.05) is 26.6 Å². The first-order chi connectivity index (χ1) is 8.66. The van der Waals surface area contributed by atoms with Gasteiger partial charge in [-0.1, -0.05) is 6.92 Å². The van der Waals surface area contributed by atoms with Crippen LogP contribution in [0.5, 0.6) is 11.5 Å². The summed E-state index contributed by atoms with van der Waals surface area (Å²) in [6.07, 6.45) is 0. The fourth-order valence-electron chi connectivity index (χ4n) is 2.18. The Balaban J connectivity index is 1.61. The molecule has 1 aromatic carbocycles. The number of hydrogen-bond acceptors (Lipinski definition) is 4. The minimum absolute atomic E-state index is 0.299. The highest BCUT2D eigenvalue weighted by molar-refractivity contribution is 9.10. The molecule has 0 atom stereocenters. The van der Waals surface area contributed by atoms with Crippen molar-refractivity contribution in [2.24, 2.45) is 5.41 Å². The molecule has 2 aliphatic rings. The van der Waals surface area contributed by atoms with Gasteiger partial charge in [-0.25, -0.2) is 0 Å².